The first kappa shape index (κ1) is 8.19. The number of hydrogen-bond donors (Lipinski definition) is 2. The van der Waals surface area contributed by atoms with Crippen molar-refractivity contribution in [1.82, 2.24) is 0 Å². The molecule has 9 heavy (non-hydrogen) atoms. The van der Waals surface area contributed by atoms with Crippen molar-refractivity contribution >= 4 is 6.16 Å². The van der Waals surface area contributed by atoms with Gasteiger partial charge >= 0.3 is 6.16 Å². The third kappa shape index (κ3) is 11.0. The van der Waals surface area contributed by atoms with E-state index >= 15 is 0 Å². The van der Waals surface area contributed by atoms with E-state index in [1.165, 1.54) is 0 Å². The Labute approximate surface area is 51.8 Å². The number of carboxylic acid groups (broad SMARTS) is 2. The summed E-state index contributed by atoms with van der Waals surface area (Å²) in [5.74, 6) is 0. The molecular formula is C4H8O5. The Balaban J connectivity index is 0.000000148. The Morgan fingerprint density at radius 2 is 1.56 bits per heavy atom. The molecule has 1 rings (SSSR count). The summed E-state index contributed by atoms with van der Waals surface area (Å²) in [6.45, 7) is 2.06. The summed E-state index contributed by atoms with van der Waals surface area (Å²) in [4.78, 5) is 8.56. The van der Waals surface area contributed by atoms with E-state index in [1.807, 2.05) is 0 Å². The molecule has 5 heteroatoms. The van der Waals surface area contributed by atoms with Gasteiger partial charge in [0.25, 0.3) is 0 Å². The molecule has 0 spiro atoms. The fourth-order valence-electron chi connectivity index (χ4n) is 0.295. The Bertz CT molecular complexity index is 65.4. The summed E-state index contributed by atoms with van der Waals surface area (Å²) < 4.78 is 9.44. The minimum Gasteiger partial charge on any atom is -0.450 e. The summed E-state index contributed by atoms with van der Waals surface area (Å²) in [6, 6.07) is 0. The topological polar surface area (TPSA) is 76.0 Å². The molecular weight excluding hydrogens is 128 g/mol. The summed E-state index contributed by atoms with van der Waals surface area (Å²) in [5.41, 5.74) is 0. The Kier molecular flexibility index (Phi) is 4.85. The van der Waals surface area contributed by atoms with Crippen LogP contribution >= 0.6 is 0 Å². The Hall–Kier alpha value is -0.810. The number of ether oxygens (including phenoxy) is 2. The number of carbonyl (C=O) groups is 1. The highest BCUT2D eigenvalue weighted by molar-refractivity contribution is 5.53. The maximum absolute atomic E-state index is 8.56. The van der Waals surface area contributed by atoms with E-state index in [0.717, 1.165) is 13.2 Å². The molecule has 0 aromatic heterocycles. The van der Waals surface area contributed by atoms with Gasteiger partial charge in [-0.05, 0) is 0 Å². The van der Waals surface area contributed by atoms with Gasteiger partial charge in [0.1, 0.15) is 6.79 Å². The van der Waals surface area contributed by atoms with Gasteiger partial charge in [-0.2, -0.15) is 0 Å². The van der Waals surface area contributed by atoms with Gasteiger partial charge in [-0.15, -0.1) is 0 Å². The first-order valence-electron chi connectivity index (χ1n) is 2.31. The highest BCUT2D eigenvalue weighted by atomic mass is 16.7. The maximum atomic E-state index is 8.56. The van der Waals surface area contributed by atoms with Crippen LogP contribution in [0, 0.1) is 0 Å². The molecule has 0 amide bonds. The predicted octanol–water partition coefficient (Wildman–Crippen LogP) is 0.213. The molecule has 54 valence electrons. The van der Waals surface area contributed by atoms with Crippen LogP contribution in [-0.2, 0) is 9.47 Å². The van der Waals surface area contributed by atoms with E-state index in [4.69, 9.17) is 24.5 Å². The van der Waals surface area contributed by atoms with Crippen molar-refractivity contribution in [3.05, 3.63) is 0 Å². The van der Waals surface area contributed by atoms with Gasteiger partial charge in [-0.25, -0.2) is 4.79 Å². The lowest BCUT2D eigenvalue weighted by Crippen LogP contribution is -1.81. The average Bonchev–Trinajstić information content (AvgIpc) is 2.11. The van der Waals surface area contributed by atoms with Crippen molar-refractivity contribution in [1.29, 1.82) is 0 Å². The molecule has 1 saturated heterocycles. The zero-order valence-corrected chi connectivity index (χ0v) is 4.74. The van der Waals surface area contributed by atoms with Crippen LogP contribution in [0.4, 0.5) is 4.79 Å². The fourth-order valence-corrected chi connectivity index (χ4v) is 0.295. The van der Waals surface area contributed by atoms with Crippen LogP contribution in [-0.4, -0.2) is 36.4 Å². The molecule has 0 aromatic carbocycles. The first-order chi connectivity index (χ1) is 4.23. The van der Waals surface area contributed by atoms with E-state index in [9.17, 15) is 0 Å². The van der Waals surface area contributed by atoms with Crippen LogP contribution in [0.2, 0.25) is 0 Å². The molecule has 1 fully saturated rings. The minimum absolute atomic E-state index is 0.500. The summed E-state index contributed by atoms with van der Waals surface area (Å²) in [5, 5.41) is 13.9. The van der Waals surface area contributed by atoms with Gasteiger partial charge in [0.2, 0.25) is 0 Å². The third-order valence-electron chi connectivity index (χ3n) is 0.539. The summed E-state index contributed by atoms with van der Waals surface area (Å²) >= 11 is 0. The molecule has 0 atom stereocenters. The lowest BCUT2D eigenvalue weighted by Gasteiger charge is -1.76. The molecule has 5 nitrogen and oxygen atoms in total. The van der Waals surface area contributed by atoms with E-state index in [0.29, 0.717) is 6.79 Å². The van der Waals surface area contributed by atoms with Gasteiger partial charge < -0.3 is 19.7 Å². The highest BCUT2D eigenvalue weighted by Gasteiger charge is 1.93. The van der Waals surface area contributed by atoms with Crippen molar-refractivity contribution in [2.24, 2.45) is 0 Å². The lowest BCUT2D eigenvalue weighted by atomic mass is 10.8. The highest BCUT2D eigenvalue weighted by Crippen LogP contribution is 1.85. The van der Waals surface area contributed by atoms with Crippen LogP contribution in [0.5, 0.6) is 0 Å². The molecule has 2 N–H and O–H groups in total. The van der Waals surface area contributed by atoms with E-state index in [1.54, 1.807) is 0 Å². The second kappa shape index (κ2) is 5.33. The van der Waals surface area contributed by atoms with Crippen LogP contribution < -0.4 is 0 Å². The molecule has 0 aliphatic carbocycles. The van der Waals surface area contributed by atoms with Gasteiger partial charge in [-0.1, -0.05) is 0 Å². The van der Waals surface area contributed by atoms with E-state index in [-0.39, 0.29) is 0 Å². The first-order valence-corrected chi connectivity index (χ1v) is 2.31. The zero-order valence-electron chi connectivity index (χ0n) is 4.74. The van der Waals surface area contributed by atoms with Crippen molar-refractivity contribution in [2.45, 2.75) is 0 Å². The molecule has 0 unspecified atom stereocenters. The minimum atomic E-state index is -1.83. The van der Waals surface area contributed by atoms with Gasteiger partial charge in [0.05, 0.1) is 13.2 Å². The Morgan fingerprint density at radius 1 is 1.22 bits per heavy atom. The van der Waals surface area contributed by atoms with Crippen molar-refractivity contribution in [3.63, 3.8) is 0 Å². The predicted molar refractivity (Wildman–Crippen MR) is 27.4 cm³/mol. The van der Waals surface area contributed by atoms with E-state index < -0.39 is 6.16 Å². The quantitative estimate of drug-likeness (QED) is 0.498. The second-order valence-electron chi connectivity index (χ2n) is 1.22. The molecule has 1 aliphatic heterocycles. The molecule has 1 aliphatic rings. The normalized spacial score (nSPS) is 16.0. The maximum Gasteiger partial charge on any atom is 0.503 e. The third-order valence-corrected chi connectivity index (χ3v) is 0.539. The van der Waals surface area contributed by atoms with Crippen LogP contribution in [0.1, 0.15) is 0 Å². The standard InChI is InChI=1S/C3H6O2.CH2O3/c1-2-5-3-4-1;2-1(3)4/h1-3H2;(H2,2,3,4). The fraction of sp³-hybridized carbons (Fsp3) is 0.750. The van der Waals surface area contributed by atoms with E-state index in [2.05, 4.69) is 0 Å². The zero-order chi connectivity index (χ0) is 7.11. The van der Waals surface area contributed by atoms with Crippen molar-refractivity contribution in [3.8, 4) is 0 Å². The number of rotatable bonds is 0. The largest absolute Gasteiger partial charge is 0.503 e. The lowest BCUT2D eigenvalue weighted by molar-refractivity contribution is 0.0692. The summed E-state index contributed by atoms with van der Waals surface area (Å²) in [7, 11) is 0. The monoisotopic (exact) mass is 136 g/mol. The van der Waals surface area contributed by atoms with Crippen LogP contribution in [0.15, 0.2) is 0 Å². The van der Waals surface area contributed by atoms with Gasteiger partial charge in [0, 0.05) is 0 Å². The smallest absolute Gasteiger partial charge is 0.450 e. The SMILES string of the molecule is C1COCO1.O=C(O)O. The average molecular weight is 136 g/mol. The van der Waals surface area contributed by atoms with Crippen molar-refractivity contribution < 1.29 is 24.5 Å². The van der Waals surface area contributed by atoms with Crippen molar-refractivity contribution in [2.75, 3.05) is 20.0 Å². The van der Waals surface area contributed by atoms with Gasteiger partial charge in [0.15, 0.2) is 0 Å². The molecule has 0 aromatic rings. The van der Waals surface area contributed by atoms with Crippen LogP contribution in [0.25, 0.3) is 0 Å². The second-order valence-corrected chi connectivity index (χ2v) is 1.22. The van der Waals surface area contributed by atoms with Gasteiger partial charge in [-0.3, -0.25) is 0 Å². The summed E-state index contributed by atoms with van der Waals surface area (Å²) in [6.07, 6.45) is -1.83. The molecule has 0 saturated carbocycles. The molecule has 0 bridgehead atoms. The molecule has 0 radical (unpaired) electrons. The van der Waals surface area contributed by atoms with Crippen LogP contribution in [0.3, 0.4) is 0 Å². The number of hydrogen-bond acceptors (Lipinski definition) is 3. The Morgan fingerprint density at radius 3 is 1.67 bits per heavy atom. The molecule has 1 heterocycles.